The molecular formula is C20H25NO4S. The van der Waals surface area contributed by atoms with Gasteiger partial charge < -0.3 is 9.64 Å². The van der Waals surface area contributed by atoms with Crippen LogP contribution in [0.3, 0.4) is 0 Å². The van der Waals surface area contributed by atoms with Crippen LogP contribution >= 0.6 is 0 Å². The van der Waals surface area contributed by atoms with Crippen LogP contribution in [0, 0.1) is 13.8 Å². The molecule has 0 spiro atoms. The molecule has 1 unspecified atom stereocenters. The second-order valence-corrected chi connectivity index (χ2v) is 8.60. The molecule has 0 saturated carbocycles. The Morgan fingerprint density at radius 2 is 1.73 bits per heavy atom. The number of carbonyl (C=O) groups is 1. The van der Waals surface area contributed by atoms with Crippen molar-refractivity contribution in [1.29, 1.82) is 0 Å². The van der Waals surface area contributed by atoms with Crippen LogP contribution in [-0.2, 0) is 14.6 Å². The topological polar surface area (TPSA) is 63.7 Å². The molecule has 26 heavy (non-hydrogen) atoms. The molecule has 0 aliphatic heterocycles. The van der Waals surface area contributed by atoms with Crippen molar-refractivity contribution in [3.8, 4) is 5.75 Å². The molecule has 2 aromatic rings. The third-order valence-corrected chi connectivity index (χ3v) is 5.59. The summed E-state index contributed by atoms with van der Waals surface area (Å²) in [5.41, 5.74) is 2.92. The average molecular weight is 375 g/mol. The summed E-state index contributed by atoms with van der Waals surface area (Å²) in [4.78, 5) is 14.3. The third-order valence-electron chi connectivity index (χ3n) is 4.46. The average Bonchev–Trinajstić information content (AvgIpc) is 2.60. The summed E-state index contributed by atoms with van der Waals surface area (Å²) in [7, 11) is -1.52. The number of benzene rings is 2. The van der Waals surface area contributed by atoms with Crippen LogP contribution in [0.15, 0.2) is 47.4 Å². The lowest BCUT2D eigenvalue weighted by atomic mass is 10.1. The highest BCUT2D eigenvalue weighted by atomic mass is 32.2. The van der Waals surface area contributed by atoms with E-state index < -0.39 is 9.84 Å². The van der Waals surface area contributed by atoms with Gasteiger partial charge in [0.2, 0.25) is 0 Å². The second-order valence-electron chi connectivity index (χ2n) is 6.58. The molecule has 5 nitrogen and oxygen atoms in total. The molecular weight excluding hydrogens is 350 g/mol. The van der Waals surface area contributed by atoms with Crippen LogP contribution in [-0.4, -0.2) is 39.1 Å². The number of likely N-dealkylation sites (N-methyl/N-ethyl adjacent to an activating group) is 1. The quantitative estimate of drug-likeness (QED) is 0.777. The van der Waals surface area contributed by atoms with Gasteiger partial charge in [-0.25, -0.2) is 8.42 Å². The van der Waals surface area contributed by atoms with E-state index in [1.807, 2.05) is 39.0 Å². The van der Waals surface area contributed by atoms with E-state index in [2.05, 4.69) is 0 Å². The Bertz CT molecular complexity index is 889. The maximum Gasteiger partial charge on any atom is 0.260 e. The largest absolute Gasteiger partial charge is 0.483 e. The van der Waals surface area contributed by atoms with Gasteiger partial charge in [0, 0.05) is 13.3 Å². The van der Waals surface area contributed by atoms with Crippen molar-refractivity contribution in [3.05, 3.63) is 59.2 Å². The summed E-state index contributed by atoms with van der Waals surface area (Å²) >= 11 is 0. The third kappa shape index (κ3) is 4.85. The zero-order valence-corrected chi connectivity index (χ0v) is 16.6. The molecule has 0 saturated heterocycles. The van der Waals surface area contributed by atoms with Crippen LogP contribution in [0.5, 0.6) is 5.75 Å². The Hall–Kier alpha value is -2.34. The lowest BCUT2D eigenvalue weighted by molar-refractivity contribution is -0.134. The van der Waals surface area contributed by atoms with Crippen molar-refractivity contribution < 1.29 is 17.9 Å². The molecule has 2 rings (SSSR count). The molecule has 2 aromatic carbocycles. The van der Waals surface area contributed by atoms with Gasteiger partial charge in [0.15, 0.2) is 16.4 Å². The molecule has 0 aromatic heterocycles. The van der Waals surface area contributed by atoms with Crippen LogP contribution in [0.2, 0.25) is 0 Å². The second kappa shape index (κ2) is 7.91. The number of rotatable bonds is 6. The maximum atomic E-state index is 12.5. The fraction of sp³-hybridized carbons (Fsp3) is 0.350. The number of hydrogen-bond acceptors (Lipinski definition) is 4. The Kier molecular flexibility index (Phi) is 6.08. The summed E-state index contributed by atoms with van der Waals surface area (Å²) in [5.74, 6) is 0.558. The van der Waals surface area contributed by atoms with Gasteiger partial charge in [-0.3, -0.25) is 4.79 Å². The minimum Gasteiger partial charge on any atom is -0.483 e. The van der Waals surface area contributed by atoms with Gasteiger partial charge in [-0.05, 0) is 55.7 Å². The number of amides is 1. The first-order chi connectivity index (χ1) is 12.1. The molecule has 0 aliphatic carbocycles. The van der Waals surface area contributed by atoms with E-state index in [0.717, 1.165) is 16.7 Å². The molecule has 6 heteroatoms. The van der Waals surface area contributed by atoms with Crippen LogP contribution in [0.25, 0.3) is 0 Å². The van der Waals surface area contributed by atoms with E-state index in [4.69, 9.17) is 4.74 Å². The first kappa shape index (κ1) is 20.0. The highest BCUT2D eigenvalue weighted by Crippen LogP contribution is 2.22. The van der Waals surface area contributed by atoms with Gasteiger partial charge in [0.1, 0.15) is 5.75 Å². The number of ether oxygens (including phenoxy) is 1. The van der Waals surface area contributed by atoms with Gasteiger partial charge in [-0.1, -0.05) is 24.3 Å². The highest BCUT2D eigenvalue weighted by molar-refractivity contribution is 7.90. The van der Waals surface area contributed by atoms with Gasteiger partial charge in [0.25, 0.3) is 5.91 Å². The van der Waals surface area contributed by atoms with Crippen molar-refractivity contribution in [1.82, 2.24) is 4.90 Å². The molecule has 0 bridgehead atoms. The van der Waals surface area contributed by atoms with Crippen molar-refractivity contribution in [2.24, 2.45) is 0 Å². The fourth-order valence-corrected chi connectivity index (χ4v) is 3.17. The first-order valence-corrected chi connectivity index (χ1v) is 10.2. The molecule has 1 atom stereocenters. The summed E-state index contributed by atoms with van der Waals surface area (Å²) in [5, 5.41) is 0. The van der Waals surface area contributed by atoms with Gasteiger partial charge in [0.05, 0.1) is 10.9 Å². The molecule has 0 fully saturated rings. The smallest absolute Gasteiger partial charge is 0.260 e. The molecule has 0 N–H and O–H groups in total. The number of carbonyl (C=O) groups excluding carboxylic acids is 1. The molecule has 0 radical (unpaired) electrons. The van der Waals surface area contributed by atoms with Crippen molar-refractivity contribution >= 4 is 15.7 Å². The van der Waals surface area contributed by atoms with Gasteiger partial charge in [-0.15, -0.1) is 0 Å². The minimum atomic E-state index is -3.23. The van der Waals surface area contributed by atoms with E-state index in [-0.39, 0.29) is 23.5 Å². The van der Waals surface area contributed by atoms with E-state index in [1.165, 1.54) is 6.26 Å². The van der Waals surface area contributed by atoms with Crippen LogP contribution < -0.4 is 4.74 Å². The lowest BCUT2D eigenvalue weighted by Crippen LogP contribution is -2.33. The van der Waals surface area contributed by atoms with Gasteiger partial charge in [-0.2, -0.15) is 0 Å². The summed E-state index contributed by atoms with van der Waals surface area (Å²) in [6, 6.07) is 12.3. The summed E-state index contributed by atoms with van der Waals surface area (Å²) < 4.78 is 28.8. The Morgan fingerprint density at radius 1 is 1.12 bits per heavy atom. The molecule has 1 amide bonds. The maximum absolute atomic E-state index is 12.5. The Labute approximate surface area is 155 Å². The van der Waals surface area contributed by atoms with Crippen LogP contribution in [0.1, 0.15) is 29.7 Å². The van der Waals surface area contributed by atoms with Crippen molar-refractivity contribution in [3.63, 3.8) is 0 Å². The van der Waals surface area contributed by atoms with Gasteiger partial charge >= 0.3 is 0 Å². The number of aryl methyl sites for hydroxylation is 2. The van der Waals surface area contributed by atoms with Crippen molar-refractivity contribution in [2.45, 2.75) is 31.7 Å². The highest BCUT2D eigenvalue weighted by Gasteiger charge is 2.19. The molecule has 140 valence electrons. The predicted molar refractivity (Wildman–Crippen MR) is 102 cm³/mol. The normalized spacial score (nSPS) is 12.5. The predicted octanol–water partition coefficient (Wildman–Crippen LogP) is 3.31. The van der Waals surface area contributed by atoms with Crippen LogP contribution in [0.4, 0.5) is 0 Å². The summed E-state index contributed by atoms with van der Waals surface area (Å²) in [6.07, 6.45) is 1.17. The van der Waals surface area contributed by atoms with Crippen molar-refractivity contribution in [2.75, 3.05) is 19.9 Å². The first-order valence-electron chi connectivity index (χ1n) is 8.35. The zero-order valence-electron chi connectivity index (χ0n) is 15.8. The number of nitrogens with zero attached hydrogens (tertiary/aromatic N) is 1. The van der Waals surface area contributed by atoms with E-state index in [9.17, 15) is 13.2 Å². The zero-order chi connectivity index (χ0) is 19.5. The molecule has 0 heterocycles. The fourth-order valence-electron chi connectivity index (χ4n) is 2.54. The summed E-state index contributed by atoms with van der Waals surface area (Å²) in [6.45, 7) is 5.76. The minimum absolute atomic E-state index is 0.0491. The Morgan fingerprint density at radius 3 is 2.31 bits per heavy atom. The SMILES string of the molecule is Cc1ccc(C)c(OCC(=O)N(C)C(C)c2ccc(S(C)(=O)=O)cc2)c1. The van der Waals surface area contributed by atoms with E-state index in [1.54, 1.807) is 36.2 Å². The van der Waals surface area contributed by atoms with E-state index in [0.29, 0.717) is 5.75 Å². The molecule has 0 aliphatic rings. The van der Waals surface area contributed by atoms with E-state index >= 15 is 0 Å². The standard InChI is InChI=1S/C20H25NO4S/c1-14-6-7-15(2)19(12-14)25-13-20(22)21(4)16(3)17-8-10-18(11-9-17)26(5,23)24/h6-12,16H,13H2,1-5H3. The number of sulfone groups is 1. The number of hydrogen-bond donors (Lipinski definition) is 0. The lowest BCUT2D eigenvalue weighted by Gasteiger charge is -2.25. The Balaban J connectivity index is 2.04. The monoisotopic (exact) mass is 375 g/mol.